The van der Waals surface area contributed by atoms with Gasteiger partial charge in [-0.1, -0.05) is 71.3 Å². The van der Waals surface area contributed by atoms with Gasteiger partial charge in [0.25, 0.3) is 5.91 Å². The van der Waals surface area contributed by atoms with Crippen molar-refractivity contribution in [2.75, 3.05) is 33.4 Å². The van der Waals surface area contributed by atoms with Gasteiger partial charge in [0.2, 0.25) is 0 Å². The van der Waals surface area contributed by atoms with Gasteiger partial charge in [0, 0.05) is 71.0 Å². The molecule has 0 radical (unpaired) electrons. The number of carbonyl (C=O) groups is 3. The maximum absolute atomic E-state index is 12.7. The van der Waals surface area contributed by atoms with E-state index in [4.69, 9.17) is 14.6 Å². The number of aryl methyl sites for hydroxylation is 6. The maximum Gasteiger partial charge on any atom is 1.00 e. The molecule has 1 fully saturated rings. The normalized spacial score (nSPS) is 11.7. The average Bonchev–Trinajstić information content (AvgIpc) is 4.07. The number of rotatable bonds is 9. The first-order valence-electron chi connectivity index (χ1n) is 24.9. The van der Waals surface area contributed by atoms with Crippen LogP contribution in [0.15, 0.2) is 127 Å². The zero-order valence-electron chi connectivity index (χ0n) is 44.6. The molecule has 0 aliphatic carbocycles. The van der Waals surface area contributed by atoms with Crippen LogP contribution in [-0.4, -0.2) is 80.4 Å². The quantitative estimate of drug-likeness (QED) is 0.107. The standard InChI is InChI=1S/C23H23N3O2.C20H18N2O2.C19H16N2O2.Na.H2O/c1-3-26-21-9-4-16(2)14-19(21)20(15-24)22(26)17-5-7-18(8-6-17)23(27)25-10-12-28-13-11-25;1-4-22-18-10-5-13(2)11-16(18)17(12-21)19(22)14-6-8-15(9-7-14)20(23)24-3;1-3-21-17-9-4-12(2)10-15(17)16(11-20)18(21)13-5-7-14(8-6-13)19(22)23;;/h4-9,14H,3,10-13H2,1-2H3;5-11H,4H2,1-3H3;4-10H,3H2,1-2H3,(H,22,23);;1H2/q;;;+1;/p-1. The number of methoxy groups -OCH3 is 1. The van der Waals surface area contributed by atoms with Crippen LogP contribution in [0, 0.1) is 54.8 Å². The molecule has 0 unspecified atom stereocenters. The van der Waals surface area contributed by atoms with Crippen LogP contribution in [0.5, 0.6) is 0 Å². The Morgan fingerprint density at radius 3 is 1.16 bits per heavy atom. The number of esters is 1. The Hall–Kier alpha value is -8.26. The second-order valence-electron chi connectivity index (χ2n) is 18.2. The third-order valence-corrected chi connectivity index (χ3v) is 13.6. The van der Waals surface area contributed by atoms with E-state index in [2.05, 4.69) is 76.1 Å². The van der Waals surface area contributed by atoms with E-state index < -0.39 is 5.97 Å². The summed E-state index contributed by atoms with van der Waals surface area (Å²) >= 11 is 0. The Morgan fingerprint density at radius 2 is 0.857 bits per heavy atom. The van der Waals surface area contributed by atoms with Gasteiger partial charge in [-0.2, -0.15) is 15.8 Å². The molecule has 384 valence electrons. The molecule has 1 aliphatic rings. The van der Waals surface area contributed by atoms with Gasteiger partial charge in [-0.25, -0.2) is 9.59 Å². The Labute approximate surface area is 470 Å². The van der Waals surface area contributed by atoms with E-state index >= 15 is 0 Å². The molecule has 9 aromatic rings. The van der Waals surface area contributed by atoms with Crippen molar-refractivity contribution >= 4 is 50.6 Å². The molecule has 14 nitrogen and oxygen atoms in total. The summed E-state index contributed by atoms with van der Waals surface area (Å²) in [7, 11) is 1.36. The number of carboxylic acid groups (broad SMARTS) is 1. The smallest absolute Gasteiger partial charge is 0.870 e. The molecule has 1 amide bonds. The molecule has 4 heterocycles. The zero-order chi connectivity index (χ0) is 53.5. The molecule has 10 rings (SSSR count). The largest absolute Gasteiger partial charge is 1.00 e. The van der Waals surface area contributed by atoms with Crippen LogP contribution in [0.1, 0.15) is 85.2 Å². The summed E-state index contributed by atoms with van der Waals surface area (Å²) in [6, 6.07) is 47.0. The molecular formula is C62H58N7NaO7. The Bertz CT molecular complexity index is 3770. The van der Waals surface area contributed by atoms with E-state index in [-0.39, 0.29) is 52.5 Å². The minimum atomic E-state index is -0.955. The van der Waals surface area contributed by atoms with Crippen molar-refractivity contribution in [3.8, 4) is 52.0 Å². The van der Waals surface area contributed by atoms with E-state index in [1.807, 2.05) is 93.3 Å². The number of nitriles is 3. The van der Waals surface area contributed by atoms with Gasteiger partial charge in [-0.3, -0.25) is 4.79 Å². The Balaban J connectivity index is 0.000000186. The summed E-state index contributed by atoms with van der Waals surface area (Å²) in [5, 5.41) is 41.2. The van der Waals surface area contributed by atoms with Gasteiger partial charge >= 0.3 is 41.5 Å². The SMILES string of the molecule is CCn1c(-c2ccc(C(=O)N3CCOCC3)cc2)c(C#N)c2cc(C)ccc21.CCn1c(-c2ccc(C(=O)O)cc2)c(C#N)c2cc(C)ccc21.CCn1c(-c2ccc(C(=O)OC)cc2)c(C#N)c2cc(C)ccc21.[Na+].[OH-]. The van der Waals surface area contributed by atoms with Crippen LogP contribution in [0.4, 0.5) is 0 Å². The molecule has 1 aliphatic heterocycles. The predicted molar refractivity (Wildman–Crippen MR) is 294 cm³/mol. The summed E-state index contributed by atoms with van der Waals surface area (Å²) in [6.45, 7) is 16.9. The molecule has 0 spiro atoms. The Morgan fingerprint density at radius 1 is 0.532 bits per heavy atom. The second kappa shape index (κ2) is 25.5. The minimum Gasteiger partial charge on any atom is -0.870 e. The van der Waals surface area contributed by atoms with Crippen molar-refractivity contribution in [2.24, 2.45) is 0 Å². The fourth-order valence-electron chi connectivity index (χ4n) is 10.0. The summed E-state index contributed by atoms with van der Waals surface area (Å²) in [5.74, 6) is -1.29. The van der Waals surface area contributed by atoms with E-state index in [0.717, 1.165) is 103 Å². The topological polar surface area (TPSA) is 209 Å². The summed E-state index contributed by atoms with van der Waals surface area (Å²) in [5.41, 5.74) is 15.2. The summed E-state index contributed by atoms with van der Waals surface area (Å²) in [6.07, 6.45) is 0. The van der Waals surface area contributed by atoms with Crippen molar-refractivity contribution in [3.05, 3.63) is 177 Å². The molecule has 77 heavy (non-hydrogen) atoms. The molecule has 15 heteroatoms. The number of aromatic carboxylic acids is 1. The molecule has 0 bridgehead atoms. The van der Waals surface area contributed by atoms with Gasteiger partial charge in [0.1, 0.15) is 18.2 Å². The number of carboxylic acids is 1. The Kier molecular flexibility index (Phi) is 19.2. The van der Waals surface area contributed by atoms with Crippen molar-refractivity contribution in [1.82, 2.24) is 18.6 Å². The number of benzene rings is 6. The first kappa shape index (κ1) is 58.0. The van der Waals surface area contributed by atoms with E-state index in [0.29, 0.717) is 54.1 Å². The number of aromatic nitrogens is 3. The number of nitrogens with zero attached hydrogens (tertiary/aromatic N) is 7. The number of hydrogen-bond acceptors (Lipinski definition) is 9. The monoisotopic (exact) mass is 1040 g/mol. The summed E-state index contributed by atoms with van der Waals surface area (Å²) in [4.78, 5) is 37.1. The van der Waals surface area contributed by atoms with Gasteiger partial charge in [-0.05, 0) is 131 Å². The number of amides is 1. The number of hydrogen-bond donors (Lipinski definition) is 1. The molecule has 1 saturated heterocycles. The third kappa shape index (κ3) is 11.6. The fraction of sp³-hybridized carbons (Fsp3) is 0.226. The van der Waals surface area contributed by atoms with Gasteiger partial charge in [0.15, 0.2) is 0 Å². The van der Waals surface area contributed by atoms with Crippen LogP contribution in [0.2, 0.25) is 0 Å². The van der Waals surface area contributed by atoms with Crippen molar-refractivity contribution in [3.63, 3.8) is 0 Å². The van der Waals surface area contributed by atoms with Crippen molar-refractivity contribution < 1.29 is 64.0 Å². The molecule has 6 aromatic carbocycles. The molecule has 2 N–H and O–H groups in total. The van der Waals surface area contributed by atoms with Crippen molar-refractivity contribution in [1.29, 1.82) is 15.8 Å². The second-order valence-corrected chi connectivity index (χ2v) is 18.2. The number of fused-ring (bicyclic) bond motifs is 3. The zero-order valence-corrected chi connectivity index (χ0v) is 46.6. The van der Waals surface area contributed by atoms with Crippen LogP contribution < -0.4 is 29.6 Å². The predicted octanol–water partition coefficient (Wildman–Crippen LogP) is 9.31. The molecule has 0 saturated carbocycles. The van der Waals surface area contributed by atoms with Crippen LogP contribution in [0.25, 0.3) is 66.5 Å². The average molecular weight is 1040 g/mol. The molecule has 0 atom stereocenters. The molecule has 3 aromatic heterocycles. The van der Waals surface area contributed by atoms with Gasteiger partial charge < -0.3 is 38.7 Å². The summed E-state index contributed by atoms with van der Waals surface area (Å²) < 4.78 is 16.5. The molecular weight excluding hydrogens is 978 g/mol. The third-order valence-electron chi connectivity index (χ3n) is 13.6. The minimum absolute atomic E-state index is 0. The number of carbonyl (C=O) groups excluding carboxylic acids is 2. The maximum atomic E-state index is 12.7. The van der Waals surface area contributed by atoms with Crippen LogP contribution >= 0.6 is 0 Å². The van der Waals surface area contributed by atoms with Crippen LogP contribution in [0.3, 0.4) is 0 Å². The first-order chi connectivity index (χ1) is 36.3. The fourth-order valence-corrected chi connectivity index (χ4v) is 10.0. The number of morpholine rings is 1. The van der Waals surface area contributed by atoms with Gasteiger partial charge in [-0.15, -0.1) is 0 Å². The van der Waals surface area contributed by atoms with Crippen LogP contribution in [-0.2, 0) is 29.1 Å². The van der Waals surface area contributed by atoms with E-state index in [1.54, 1.807) is 36.4 Å². The van der Waals surface area contributed by atoms with E-state index in [1.165, 1.54) is 7.11 Å². The number of ether oxygens (including phenoxy) is 2. The first-order valence-corrected chi connectivity index (χ1v) is 24.9. The van der Waals surface area contributed by atoms with Crippen molar-refractivity contribution in [2.45, 2.75) is 61.2 Å². The van der Waals surface area contributed by atoms with Gasteiger partial charge in [0.05, 0.1) is 65.2 Å². The van der Waals surface area contributed by atoms with E-state index in [9.17, 15) is 30.2 Å².